The van der Waals surface area contributed by atoms with E-state index in [1.54, 1.807) is 0 Å². The van der Waals surface area contributed by atoms with Crippen molar-refractivity contribution in [1.29, 1.82) is 0 Å². The molecule has 2 N–H and O–H groups in total. The lowest BCUT2D eigenvalue weighted by molar-refractivity contribution is -0.0275. The first-order valence-corrected chi connectivity index (χ1v) is 10.2. The van der Waals surface area contributed by atoms with Crippen LogP contribution in [0.3, 0.4) is 0 Å². The Kier molecular flexibility index (Phi) is 5.33. The van der Waals surface area contributed by atoms with Crippen LogP contribution in [-0.4, -0.2) is 16.3 Å². The summed E-state index contributed by atoms with van der Waals surface area (Å²) in [6.45, 7) is 8.56. The summed E-state index contributed by atoms with van der Waals surface area (Å²) in [6.07, 6.45) is 8.17. The topological polar surface area (TPSA) is 40.5 Å². The van der Waals surface area contributed by atoms with Crippen LogP contribution in [0.4, 0.5) is 0 Å². The highest BCUT2D eigenvalue weighted by Gasteiger charge is 2.51. The van der Waals surface area contributed by atoms with Gasteiger partial charge in [-0.15, -0.1) is 0 Å². The summed E-state index contributed by atoms with van der Waals surface area (Å²) in [6, 6.07) is 8.43. The molecule has 2 saturated carbocycles. The lowest BCUT2D eigenvalue weighted by Crippen LogP contribution is -2.41. The molecule has 140 valence electrons. The van der Waals surface area contributed by atoms with Crippen LogP contribution in [0.25, 0.3) is 0 Å². The van der Waals surface area contributed by atoms with E-state index in [4.69, 9.17) is 0 Å². The van der Waals surface area contributed by atoms with Gasteiger partial charge in [0, 0.05) is 0 Å². The monoisotopic (exact) mass is 344 g/mol. The smallest absolute Gasteiger partial charge is 0.0840 e. The highest BCUT2D eigenvalue weighted by Crippen LogP contribution is 2.58. The maximum atomic E-state index is 10.4. The van der Waals surface area contributed by atoms with Gasteiger partial charge >= 0.3 is 0 Å². The SMILES string of the molecule is C[C@@H](CCc1cccc(C(C)(C)O)c1)[C@H]1CC[C@H]2[C@@H](O)CCC[C@]12C. The zero-order valence-corrected chi connectivity index (χ0v) is 16.5. The van der Waals surface area contributed by atoms with Crippen molar-refractivity contribution >= 4 is 0 Å². The Morgan fingerprint density at radius 1 is 1.24 bits per heavy atom. The Morgan fingerprint density at radius 3 is 2.72 bits per heavy atom. The third-order valence-electron chi connectivity index (χ3n) is 7.37. The molecule has 0 unspecified atom stereocenters. The van der Waals surface area contributed by atoms with E-state index in [1.807, 2.05) is 19.9 Å². The van der Waals surface area contributed by atoms with E-state index in [0.717, 1.165) is 24.3 Å². The van der Waals surface area contributed by atoms with E-state index in [0.29, 0.717) is 17.3 Å². The summed E-state index contributed by atoms with van der Waals surface area (Å²) in [5.74, 6) is 1.95. The molecule has 0 bridgehead atoms. The van der Waals surface area contributed by atoms with E-state index in [1.165, 1.54) is 37.7 Å². The second kappa shape index (κ2) is 7.04. The molecule has 0 aliphatic heterocycles. The molecule has 0 amide bonds. The van der Waals surface area contributed by atoms with Crippen LogP contribution >= 0.6 is 0 Å². The third-order valence-corrected chi connectivity index (χ3v) is 7.37. The standard InChI is InChI=1S/C23H36O2/c1-16(10-11-17-7-5-8-18(15-17)22(2,3)25)19-12-13-20-21(24)9-6-14-23(19,20)4/h5,7-8,15-16,19-21,24-25H,6,9-14H2,1-4H3/t16-,19+,20-,21-,23+/m0/s1. The number of aliphatic hydroxyl groups is 2. The van der Waals surface area contributed by atoms with Crippen LogP contribution in [0.2, 0.25) is 0 Å². The number of fused-ring (bicyclic) bond motifs is 1. The van der Waals surface area contributed by atoms with Crippen LogP contribution in [-0.2, 0) is 12.0 Å². The van der Waals surface area contributed by atoms with Crippen LogP contribution in [0.1, 0.15) is 77.3 Å². The largest absolute Gasteiger partial charge is 0.393 e. The third kappa shape index (κ3) is 3.80. The van der Waals surface area contributed by atoms with E-state index in [-0.39, 0.29) is 6.10 Å². The molecule has 3 rings (SSSR count). The number of hydrogen-bond acceptors (Lipinski definition) is 2. The highest BCUT2D eigenvalue weighted by molar-refractivity contribution is 5.27. The average molecular weight is 345 g/mol. The summed E-state index contributed by atoms with van der Waals surface area (Å²) >= 11 is 0. The zero-order chi connectivity index (χ0) is 18.2. The molecule has 1 aromatic carbocycles. The van der Waals surface area contributed by atoms with Gasteiger partial charge < -0.3 is 10.2 Å². The van der Waals surface area contributed by atoms with Gasteiger partial charge in [-0.2, -0.15) is 0 Å². The van der Waals surface area contributed by atoms with Gasteiger partial charge in [0.05, 0.1) is 11.7 Å². The van der Waals surface area contributed by atoms with Gasteiger partial charge in [-0.05, 0) is 86.7 Å². The first kappa shape index (κ1) is 18.9. The number of benzene rings is 1. The van der Waals surface area contributed by atoms with Gasteiger partial charge in [0.15, 0.2) is 0 Å². The van der Waals surface area contributed by atoms with Crippen molar-refractivity contribution in [1.82, 2.24) is 0 Å². The highest BCUT2D eigenvalue weighted by atomic mass is 16.3. The average Bonchev–Trinajstić information content (AvgIpc) is 2.91. The van der Waals surface area contributed by atoms with Crippen molar-refractivity contribution in [3.63, 3.8) is 0 Å². The molecular formula is C23H36O2. The molecule has 0 saturated heterocycles. The Hall–Kier alpha value is -0.860. The molecule has 0 radical (unpaired) electrons. The Labute approximate surface area is 153 Å². The molecule has 2 nitrogen and oxygen atoms in total. The van der Waals surface area contributed by atoms with Gasteiger partial charge in [0.25, 0.3) is 0 Å². The second-order valence-corrected chi connectivity index (χ2v) is 9.53. The van der Waals surface area contributed by atoms with Crippen molar-refractivity contribution in [3.8, 4) is 0 Å². The first-order chi connectivity index (χ1) is 11.7. The maximum absolute atomic E-state index is 10.4. The van der Waals surface area contributed by atoms with Gasteiger partial charge in [-0.25, -0.2) is 0 Å². The Balaban J connectivity index is 1.64. The maximum Gasteiger partial charge on any atom is 0.0840 e. The van der Waals surface area contributed by atoms with E-state index in [2.05, 4.69) is 32.0 Å². The summed E-state index contributed by atoms with van der Waals surface area (Å²) in [5, 5.41) is 20.7. The minimum Gasteiger partial charge on any atom is -0.393 e. The zero-order valence-electron chi connectivity index (χ0n) is 16.5. The molecule has 2 aliphatic rings. The summed E-state index contributed by atoms with van der Waals surface area (Å²) in [7, 11) is 0. The molecular weight excluding hydrogens is 308 g/mol. The second-order valence-electron chi connectivity index (χ2n) is 9.53. The summed E-state index contributed by atoms with van der Waals surface area (Å²) in [4.78, 5) is 0. The van der Waals surface area contributed by atoms with E-state index in [9.17, 15) is 10.2 Å². The van der Waals surface area contributed by atoms with Crippen LogP contribution in [0, 0.1) is 23.2 Å². The normalized spacial score (nSPS) is 33.9. The molecule has 2 heteroatoms. The number of aliphatic hydroxyl groups excluding tert-OH is 1. The molecule has 1 aromatic rings. The number of aryl methyl sites for hydroxylation is 1. The minimum absolute atomic E-state index is 0.0700. The van der Waals surface area contributed by atoms with Gasteiger partial charge in [0.2, 0.25) is 0 Å². The molecule has 5 atom stereocenters. The molecule has 2 aliphatic carbocycles. The fourth-order valence-corrected chi connectivity index (χ4v) is 5.83. The Morgan fingerprint density at radius 2 is 2.00 bits per heavy atom. The van der Waals surface area contributed by atoms with Crippen LogP contribution < -0.4 is 0 Å². The number of rotatable bonds is 5. The summed E-state index contributed by atoms with van der Waals surface area (Å²) < 4.78 is 0. The number of hydrogen-bond donors (Lipinski definition) is 2. The lowest BCUT2D eigenvalue weighted by Gasteiger charge is -2.45. The molecule has 0 heterocycles. The molecule has 0 aromatic heterocycles. The fraction of sp³-hybridized carbons (Fsp3) is 0.739. The van der Waals surface area contributed by atoms with Crippen molar-refractivity contribution in [3.05, 3.63) is 35.4 Å². The van der Waals surface area contributed by atoms with Crippen LogP contribution in [0.15, 0.2) is 24.3 Å². The lowest BCUT2D eigenvalue weighted by atomic mass is 9.61. The molecule has 25 heavy (non-hydrogen) atoms. The minimum atomic E-state index is -0.772. The molecule has 2 fully saturated rings. The van der Waals surface area contributed by atoms with E-state index >= 15 is 0 Å². The first-order valence-electron chi connectivity index (χ1n) is 10.2. The van der Waals surface area contributed by atoms with Gasteiger partial charge in [-0.3, -0.25) is 0 Å². The van der Waals surface area contributed by atoms with Crippen molar-refractivity contribution in [2.24, 2.45) is 23.2 Å². The van der Waals surface area contributed by atoms with E-state index < -0.39 is 5.60 Å². The van der Waals surface area contributed by atoms with Gasteiger partial charge in [-0.1, -0.05) is 44.5 Å². The quantitative estimate of drug-likeness (QED) is 0.784. The predicted octanol–water partition coefficient (Wildman–Crippen LogP) is 5.06. The van der Waals surface area contributed by atoms with Crippen LogP contribution in [0.5, 0.6) is 0 Å². The Bertz CT molecular complexity index is 588. The van der Waals surface area contributed by atoms with Crippen molar-refractivity contribution < 1.29 is 10.2 Å². The van der Waals surface area contributed by atoms with Crippen molar-refractivity contribution in [2.75, 3.05) is 0 Å². The fourth-order valence-electron chi connectivity index (χ4n) is 5.83. The van der Waals surface area contributed by atoms with Gasteiger partial charge in [0.1, 0.15) is 0 Å². The van der Waals surface area contributed by atoms with Crippen molar-refractivity contribution in [2.45, 2.75) is 84.3 Å². The summed E-state index contributed by atoms with van der Waals surface area (Å²) in [5.41, 5.74) is 1.90. The predicted molar refractivity (Wildman–Crippen MR) is 103 cm³/mol. The molecule has 0 spiro atoms.